The highest BCUT2D eigenvalue weighted by atomic mass is 15.3. The molecule has 0 unspecified atom stereocenters. The minimum Gasteiger partial charge on any atom is -0.325 e. The van der Waals surface area contributed by atoms with Crippen molar-refractivity contribution in [2.75, 3.05) is 32.7 Å². The summed E-state index contributed by atoms with van der Waals surface area (Å²) in [5.74, 6) is 0. The van der Waals surface area contributed by atoms with Gasteiger partial charge in [-0.05, 0) is 5.56 Å². The minimum absolute atomic E-state index is 1.19. The Morgan fingerprint density at radius 1 is 0.619 bits per heavy atom. The largest absolute Gasteiger partial charge is 0.325 e. The van der Waals surface area contributed by atoms with Gasteiger partial charge in [0.2, 0.25) is 0 Å². The Morgan fingerprint density at radius 3 is 1.76 bits per heavy atom. The molecule has 0 spiro atoms. The molecule has 2 aromatic carbocycles. The Labute approximate surface area is 128 Å². The van der Waals surface area contributed by atoms with Gasteiger partial charge in [0.1, 0.15) is 32.7 Å². The first-order chi connectivity index (χ1) is 10.4. The Hall–Kier alpha value is -1.64. The predicted octanol–water partition coefficient (Wildman–Crippen LogP) is 0.213. The second kappa shape index (κ2) is 7.39. The van der Waals surface area contributed by atoms with Crippen molar-refractivity contribution in [3.63, 3.8) is 0 Å². The van der Waals surface area contributed by atoms with Crippen molar-refractivity contribution in [1.29, 1.82) is 0 Å². The van der Waals surface area contributed by atoms with E-state index in [4.69, 9.17) is 0 Å². The van der Waals surface area contributed by atoms with Crippen molar-refractivity contribution in [3.05, 3.63) is 71.8 Å². The summed E-state index contributed by atoms with van der Waals surface area (Å²) in [6.45, 7) is 7.71. The number of piperazine rings is 1. The van der Waals surface area contributed by atoms with Crippen LogP contribution < -0.4 is 9.80 Å². The lowest BCUT2D eigenvalue weighted by Gasteiger charge is -2.29. The first-order valence-corrected chi connectivity index (χ1v) is 8.15. The van der Waals surface area contributed by atoms with E-state index in [1.807, 2.05) is 0 Å². The molecule has 0 bridgehead atoms. The second-order valence-corrected chi connectivity index (χ2v) is 6.15. The van der Waals surface area contributed by atoms with Gasteiger partial charge in [0.15, 0.2) is 0 Å². The molecule has 2 nitrogen and oxygen atoms in total. The third-order valence-electron chi connectivity index (χ3n) is 4.57. The van der Waals surface area contributed by atoms with Gasteiger partial charge in [0.25, 0.3) is 0 Å². The molecule has 0 atom stereocenters. The Kier molecular flexibility index (Phi) is 5.03. The molecule has 0 amide bonds. The van der Waals surface area contributed by atoms with E-state index in [0.29, 0.717) is 0 Å². The van der Waals surface area contributed by atoms with Gasteiger partial charge in [-0.1, -0.05) is 60.7 Å². The summed E-state index contributed by atoms with van der Waals surface area (Å²) in [6.07, 6.45) is 1.21. The lowest BCUT2D eigenvalue weighted by molar-refractivity contribution is -1.02. The molecule has 2 heteroatoms. The van der Waals surface area contributed by atoms with E-state index >= 15 is 0 Å². The van der Waals surface area contributed by atoms with Crippen LogP contribution in [0, 0.1) is 0 Å². The molecule has 1 saturated heterocycles. The van der Waals surface area contributed by atoms with E-state index in [9.17, 15) is 0 Å². The van der Waals surface area contributed by atoms with E-state index in [1.54, 1.807) is 9.80 Å². The zero-order valence-corrected chi connectivity index (χ0v) is 12.7. The average Bonchev–Trinajstić information content (AvgIpc) is 2.56. The Balaban J connectivity index is 1.41. The molecule has 0 aliphatic carbocycles. The van der Waals surface area contributed by atoms with E-state index in [1.165, 1.54) is 56.8 Å². The number of nitrogens with one attached hydrogen (secondary N) is 2. The summed E-state index contributed by atoms with van der Waals surface area (Å²) in [5.41, 5.74) is 2.95. The predicted molar refractivity (Wildman–Crippen MR) is 86.6 cm³/mol. The van der Waals surface area contributed by atoms with E-state index in [-0.39, 0.29) is 0 Å². The molecule has 0 aromatic heterocycles. The molecule has 1 aliphatic heterocycles. The lowest BCUT2D eigenvalue weighted by Crippen LogP contribution is -3.27. The summed E-state index contributed by atoms with van der Waals surface area (Å²) in [6, 6.07) is 21.8. The number of hydrogen-bond donors (Lipinski definition) is 2. The van der Waals surface area contributed by atoms with Crippen molar-refractivity contribution in [2.24, 2.45) is 0 Å². The fourth-order valence-electron chi connectivity index (χ4n) is 3.23. The molecule has 0 radical (unpaired) electrons. The fraction of sp³-hybridized carbons (Fsp3) is 0.368. The van der Waals surface area contributed by atoms with E-state index < -0.39 is 0 Å². The number of hydrogen-bond acceptors (Lipinski definition) is 0. The minimum atomic E-state index is 1.19. The molecule has 2 N–H and O–H groups in total. The maximum Gasteiger partial charge on any atom is 0.127 e. The standard InChI is InChI=1S/C19H24N2/c1-3-7-18(8-4-1)11-12-20-13-15-21(16-14-20)17-19-9-5-2-6-10-19/h1-10H,11-17H2/p+2. The fourth-order valence-corrected chi connectivity index (χ4v) is 3.23. The third-order valence-corrected chi connectivity index (χ3v) is 4.57. The third kappa shape index (κ3) is 4.42. The Bertz CT molecular complexity index is 516. The second-order valence-electron chi connectivity index (χ2n) is 6.15. The van der Waals surface area contributed by atoms with Crippen LogP contribution in [0.3, 0.4) is 0 Å². The van der Waals surface area contributed by atoms with Gasteiger partial charge in [-0.2, -0.15) is 0 Å². The van der Waals surface area contributed by atoms with Crippen LogP contribution in [0.4, 0.5) is 0 Å². The number of quaternary nitrogens is 2. The summed E-state index contributed by atoms with van der Waals surface area (Å²) < 4.78 is 0. The van der Waals surface area contributed by atoms with Crippen LogP contribution in [0.15, 0.2) is 60.7 Å². The molecular formula is C19H26N2+2. The highest BCUT2D eigenvalue weighted by Crippen LogP contribution is 1.97. The normalized spacial score (nSPS) is 22.1. The van der Waals surface area contributed by atoms with Crippen molar-refractivity contribution >= 4 is 0 Å². The zero-order valence-electron chi connectivity index (χ0n) is 12.7. The van der Waals surface area contributed by atoms with Gasteiger partial charge < -0.3 is 9.80 Å². The van der Waals surface area contributed by atoms with Gasteiger partial charge in [-0.25, -0.2) is 0 Å². The van der Waals surface area contributed by atoms with Gasteiger partial charge in [0.05, 0.1) is 6.54 Å². The summed E-state index contributed by atoms with van der Waals surface area (Å²) in [4.78, 5) is 3.51. The monoisotopic (exact) mass is 282 g/mol. The zero-order chi connectivity index (χ0) is 14.3. The van der Waals surface area contributed by atoms with E-state index in [2.05, 4.69) is 60.7 Å². The van der Waals surface area contributed by atoms with Crippen LogP contribution in [0.25, 0.3) is 0 Å². The van der Waals surface area contributed by atoms with Crippen molar-refractivity contribution in [1.82, 2.24) is 0 Å². The first kappa shape index (κ1) is 14.3. The van der Waals surface area contributed by atoms with Crippen LogP contribution >= 0.6 is 0 Å². The maximum atomic E-state index is 2.25. The average molecular weight is 282 g/mol. The van der Waals surface area contributed by atoms with Crippen LogP contribution in [0.5, 0.6) is 0 Å². The lowest BCUT2D eigenvalue weighted by atomic mass is 10.1. The SMILES string of the molecule is c1ccc(CC[NH+]2CC[NH+](Cc3ccccc3)CC2)cc1. The Morgan fingerprint density at radius 2 is 1.14 bits per heavy atom. The quantitative estimate of drug-likeness (QED) is 0.776. The van der Waals surface area contributed by atoms with Gasteiger partial charge in [-0.3, -0.25) is 0 Å². The van der Waals surface area contributed by atoms with E-state index in [0.717, 1.165) is 0 Å². The van der Waals surface area contributed by atoms with Crippen LogP contribution in [0.1, 0.15) is 11.1 Å². The number of benzene rings is 2. The molecule has 1 aliphatic rings. The molecule has 3 rings (SSSR count). The van der Waals surface area contributed by atoms with Gasteiger partial charge in [0, 0.05) is 12.0 Å². The number of rotatable bonds is 5. The molecule has 21 heavy (non-hydrogen) atoms. The van der Waals surface area contributed by atoms with Crippen LogP contribution in [-0.2, 0) is 13.0 Å². The summed E-state index contributed by atoms with van der Waals surface area (Å²) in [5, 5.41) is 0. The molecular weight excluding hydrogens is 256 g/mol. The molecule has 0 saturated carbocycles. The maximum absolute atomic E-state index is 2.25. The van der Waals surface area contributed by atoms with Crippen LogP contribution in [0.2, 0.25) is 0 Å². The summed E-state index contributed by atoms with van der Waals surface area (Å²) in [7, 11) is 0. The highest BCUT2D eigenvalue weighted by Gasteiger charge is 2.22. The highest BCUT2D eigenvalue weighted by molar-refractivity contribution is 5.14. The van der Waals surface area contributed by atoms with Gasteiger partial charge in [-0.15, -0.1) is 0 Å². The first-order valence-electron chi connectivity index (χ1n) is 8.15. The van der Waals surface area contributed by atoms with Crippen molar-refractivity contribution < 1.29 is 9.80 Å². The topological polar surface area (TPSA) is 8.88 Å². The van der Waals surface area contributed by atoms with Crippen LogP contribution in [-0.4, -0.2) is 32.7 Å². The molecule has 2 aromatic rings. The molecule has 1 heterocycles. The summed E-state index contributed by atoms with van der Waals surface area (Å²) >= 11 is 0. The van der Waals surface area contributed by atoms with Gasteiger partial charge >= 0.3 is 0 Å². The smallest absolute Gasteiger partial charge is 0.127 e. The van der Waals surface area contributed by atoms with Crippen molar-refractivity contribution in [3.8, 4) is 0 Å². The van der Waals surface area contributed by atoms with Crippen molar-refractivity contribution in [2.45, 2.75) is 13.0 Å². The molecule has 1 fully saturated rings. The molecule has 110 valence electrons.